The van der Waals surface area contributed by atoms with Crippen LogP contribution in [0, 0.1) is 11.3 Å². The van der Waals surface area contributed by atoms with Gasteiger partial charge in [-0.3, -0.25) is 0 Å². The maximum Gasteiger partial charge on any atom is 0.0465 e. The second kappa shape index (κ2) is 2.21. The molecule has 0 bridgehead atoms. The number of aliphatic hydroxyl groups is 1. The topological polar surface area (TPSA) is 32.3 Å². The van der Waals surface area contributed by atoms with Crippen LogP contribution >= 0.6 is 0 Å². The molecule has 0 unspecified atom stereocenters. The van der Waals surface area contributed by atoms with Gasteiger partial charge in [0.2, 0.25) is 0 Å². The predicted octanol–water partition coefficient (Wildman–Crippen LogP) is 0.368. The Labute approximate surface area is 61.6 Å². The second-order valence-electron chi connectivity index (χ2n) is 3.73. The first kappa shape index (κ1) is 6.62. The van der Waals surface area contributed by atoms with Crippen LogP contribution in [0.5, 0.6) is 0 Å². The first-order valence-electron chi connectivity index (χ1n) is 4.19. The summed E-state index contributed by atoms with van der Waals surface area (Å²) in [5.41, 5.74) is 0.535. The van der Waals surface area contributed by atoms with Gasteiger partial charge in [0.25, 0.3) is 0 Å². The van der Waals surface area contributed by atoms with Crippen molar-refractivity contribution >= 4 is 0 Å². The third-order valence-corrected chi connectivity index (χ3v) is 3.08. The molecule has 58 valence electrons. The van der Waals surface area contributed by atoms with Crippen molar-refractivity contribution in [2.24, 2.45) is 11.3 Å². The number of rotatable bonds is 1. The van der Waals surface area contributed by atoms with Gasteiger partial charge < -0.3 is 10.4 Å². The Kier molecular flexibility index (Phi) is 1.46. The second-order valence-corrected chi connectivity index (χ2v) is 3.73. The third-order valence-electron chi connectivity index (χ3n) is 3.08. The number of nitrogens with one attached hydrogen (secondary N) is 1. The zero-order chi connectivity index (χ0) is 7.03. The minimum atomic E-state index is 0.404. The Morgan fingerprint density at radius 3 is 3.00 bits per heavy atom. The summed E-state index contributed by atoms with van der Waals surface area (Å²) < 4.78 is 0. The molecule has 1 aliphatic carbocycles. The van der Waals surface area contributed by atoms with Gasteiger partial charge in [-0.25, -0.2) is 0 Å². The fourth-order valence-corrected chi connectivity index (χ4v) is 2.20. The summed E-state index contributed by atoms with van der Waals surface area (Å²) in [6.45, 7) is 2.74. The summed E-state index contributed by atoms with van der Waals surface area (Å²) in [5, 5.41) is 12.3. The van der Waals surface area contributed by atoms with E-state index in [1.165, 1.54) is 25.8 Å². The first-order valence-corrected chi connectivity index (χ1v) is 4.19. The lowest BCUT2D eigenvalue weighted by Gasteiger charge is -2.23. The summed E-state index contributed by atoms with van der Waals surface area (Å²) in [6.07, 6.45) is 3.90. The van der Waals surface area contributed by atoms with Crippen LogP contribution in [0.3, 0.4) is 0 Å². The number of piperidine rings is 1. The molecular weight excluding hydrogens is 126 g/mol. The van der Waals surface area contributed by atoms with E-state index in [1.54, 1.807) is 0 Å². The highest BCUT2D eigenvalue weighted by Crippen LogP contribution is 2.55. The van der Waals surface area contributed by atoms with E-state index in [2.05, 4.69) is 5.32 Å². The molecule has 0 aromatic rings. The lowest BCUT2D eigenvalue weighted by Crippen LogP contribution is -2.32. The van der Waals surface area contributed by atoms with Gasteiger partial charge in [0.05, 0.1) is 0 Å². The van der Waals surface area contributed by atoms with Crippen molar-refractivity contribution in [2.75, 3.05) is 19.7 Å². The highest BCUT2D eigenvalue weighted by atomic mass is 16.3. The van der Waals surface area contributed by atoms with E-state index in [0.29, 0.717) is 17.9 Å². The summed E-state index contributed by atoms with van der Waals surface area (Å²) in [5.74, 6) is 0.625. The quantitative estimate of drug-likeness (QED) is 0.553. The molecule has 2 heteroatoms. The summed E-state index contributed by atoms with van der Waals surface area (Å²) >= 11 is 0. The van der Waals surface area contributed by atoms with Gasteiger partial charge in [-0.2, -0.15) is 0 Å². The molecule has 2 fully saturated rings. The van der Waals surface area contributed by atoms with Gasteiger partial charge in [-0.05, 0) is 37.1 Å². The molecule has 2 aliphatic rings. The fraction of sp³-hybridized carbons (Fsp3) is 1.00. The average molecular weight is 141 g/mol. The molecule has 0 aromatic heterocycles. The third kappa shape index (κ3) is 0.867. The minimum absolute atomic E-state index is 0.404. The Morgan fingerprint density at radius 1 is 1.60 bits per heavy atom. The van der Waals surface area contributed by atoms with Crippen LogP contribution in [0.1, 0.15) is 19.3 Å². The molecule has 2 N–H and O–H groups in total. The molecule has 1 heterocycles. The van der Waals surface area contributed by atoms with Crippen LogP contribution in [0.25, 0.3) is 0 Å². The van der Waals surface area contributed by atoms with Crippen molar-refractivity contribution in [2.45, 2.75) is 19.3 Å². The van der Waals surface area contributed by atoms with Gasteiger partial charge in [-0.15, -0.1) is 0 Å². The van der Waals surface area contributed by atoms with Crippen molar-refractivity contribution in [3.8, 4) is 0 Å². The SMILES string of the molecule is OC[C@H]1C[C@@]12CCCNC2. The zero-order valence-electron chi connectivity index (χ0n) is 6.27. The van der Waals surface area contributed by atoms with Crippen molar-refractivity contribution in [3.05, 3.63) is 0 Å². The largest absolute Gasteiger partial charge is 0.396 e. The molecule has 1 saturated heterocycles. The van der Waals surface area contributed by atoms with Gasteiger partial charge in [0.15, 0.2) is 0 Å². The van der Waals surface area contributed by atoms with Crippen LogP contribution in [0.15, 0.2) is 0 Å². The van der Waals surface area contributed by atoms with Crippen molar-refractivity contribution < 1.29 is 5.11 Å². The molecule has 2 nitrogen and oxygen atoms in total. The zero-order valence-corrected chi connectivity index (χ0v) is 6.27. The van der Waals surface area contributed by atoms with Crippen molar-refractivity contribution in [3.63, 3.8) is 0 Å². The molecule has 2 atom stereocenters. The van der Waals surface area contributed by atoms with Crippen LogP contribution in [0.4, 0.5) is 0 Å². The number of aliphatic hydroxyl groups excluding tert-OH is 1. The normalized spacial score (nSPS) is 45.9. The van der Waals surface area contributed by atoms with Crippen LogP contribution in [-0.2, 0) is 0 Å². The number of hydrogen-bond acceptors (Lipinski definition) is 2. The molecule has 1 saturated carbocycles. The first-order chi connectivity index (χ1) is 4.87. The van der Waals surface area contributed by atoms with E-state index in [0.717, 1.165) is 6.54 Å². The van der Waals surface area contributed by atoms with Gasteiger partial charge in [0, 0.05) is 13.2 Å². The molecule has 10 heavy (non-hydrogen) atoms. The minimum Gasteiger partial charge on any atom is -0.396 e. The van der Waals surface area contributed by atoms with E-state index in [-0.39, 0.29) is 0 Å². The maximum absolute atomic E-state index is 8.90. The van der Waals surface area contributed by atoms with E-state index >= 15 is 0 Å². The highest BCUT2D eigenvalue weighted by molar-refractivity contribution is 5.04. The highest BCUT2D eigenvalue weighted by Gasteiger charge is 2.53. The van der Waals surface area contributed by atoms with Crippen LogP contribution in [-0.4, -0.2) is 24.8 Å². The van der Waals surface area contributed by atoms with E-state index in [1.807, 2.05) is 0 Å². The molecule has 1 aliphatic heterocycles. The van der Waals surface area contributed by atoms with Gasteiger partial charge >= 0.3 is 0 Å². The molecule has 0 amide bonds. The molecular formula is C8H15NO. The Balaban J connectivity index is 1.92. The van der Waals surface area contributed by atoms with Crippen molar-refractivity contribution in [1.82, 2.24) is 5.32 Å². The van der Waals surface area contributed by atoms with Crippen LogP contribution in [0.2, 0.25) is 0 Å². The van der Waals surface area contributed by atoms with E-state index < -0.39 is 0 Å². The summed E-state index contributed by atoms with van der Waals surface area (Å²) in [6, 6.07) is 0. The van der Waals surface area contributed by atoms with Gasteiger partial charge in [0.1, 0.15) is 0 Å². The van der Waals surface area contributed by atoms with Crippen LogP contribution < -0.4 is 5.32 Å². The number of hydrogen-bond donors (Lipinski definition) is 2. The monoisotopic (exact) mass is 141 g/mol. The molecule has 0 aromatic carbocycles. The Hall–Kier alpha value is -0.0800. The lowest BCUT2D eigenvalue weighted by molar-refractivity contribution is 0.229. The fourth-order valence-electron chi connectivity index (χ4n) is 2.20. The van der Waals surface area contributed by atoms with E-state index in [9.17, 15) is 0 Å². The smallest absolute Gasteiger partial charge is 0.0465 e. The molecule has 2 rings (SSSR count). The van der Waals surface area contributed by atoms with Gasteiger partial charge in [-0.1, -0.05) is 0 Å². The van der Waals surface area contributed by atoms with E-state index in [4.69, 9.17) is 5.11 Å². The standard InChI is InChI=1S/C8H15NO/c10-5-7-4-8(7)2-1-3-9-6-8/h7,9-10H,1-6H2/t7-,8-/m1/s1. The molecule has 0 radical (unpaired) electrons. The average Bonchev–Trinajstić information content (AvgIpc) is 2.65. The molecule has 1 spiro atoms. The maximum atomic E-state index is 8.90. The Morgan fingerprint density at radius 2 is 2.50 bits per heavy atom. The summed E-state index contributed by atoms with van der Waals surface area (Å²) in [4.78, 5) is 0. The van der Waals surface area contributed by atoms with Crippen molar-refractivity contribution in [1.29, 1.82) is 0 Å². The lowest BCUT2D eigenvalue weighted by atomic mass is 9.94. The predicted molar refractivity (Wildman–Crippen MR) is 39.7 cm³/mol. The summed E-state index contributed by atoms with van der Waals surface area (Å²) in [7, 11) is 0. The Bertz CT molecular complexity index is 129.